The molecular weight excluding hydrogens is 334 g/mol. The van der Waals surface area contributed by atoms with Gasteiger partial charge in [-0.25, -0.2) is 4.98 Å². The second kappa shape index (κ2) is 7.90. The summed E-state index contributed by atoms with van der Waals surface area (Å²) in [5, 5.41) is 6.25. The molecule has 0 fully saturated rings. The van der Waals surface area contributed by atoms with Crippen LogP contribution < -0.4 is 10.6 Å². The maximum absolute atomic E-state index is 12.0. The molecule has 1 aromatic heterocycles. The Morgan fingerprint density at radius 3 is 2.72 bits per heavy atom. The quantitative estimate of drug-likeness (QED) is 0.663. The van der Waals surface area contributed by atoms with Crippen molar-refractivity contribution in [2.75, 3.05) is 11.9 Å². The van der Waals surface area contributed by atoms with Gasteiger partial charge >= 0.3 is 0 Å². The summed E-state index contributed by atoms with van der Waals surface area (Å²) in [6.45, 7) is 2.49. The van der Waals surface area contributed by atoms with Gasteiger partial charge in [-0.3, -0.25) is 9.59 Å². The smallest absolute Gasteiger partial charge is 0.251 e. The fourth-order valence-electron chi connectivity index (χ4n) is 2.41. The van der Waals surface area contributed by atoms with Crippen molar-refractivity contribution < 1.29 is 9.59 Å². The molecule has 0 spiro atoms. The monoisotopic (exact) mass is 353 g/mol. The molecule has 1 heterocycles. The zero-order valence-corrected chi connectivity index (χ0v) is 14.7. The van der Waals surface area contributed by atoms with Crippen molar-refractivity contribution >= 4 is 38.5 Å². The van der Waals surface area contributed by atoms with Crippen molar-refractivity contribution in [2.24, 2.45) is 0 Å². The Morgan fingerprint density at radius 1 is 1.12 bits per heavy atom. The highest BCUT2D eigenvalue weighted by Gasteiger charge is 2.09. The summed E-state index contributed by atoms with van der Waals surface area (Å²) in [5.41, 5.74) is 2.68. The fourth-order valence-corrected chi connectivity index (χ4v) is 3.39. The van der Waals surface area contributed by atoms with Gasteiger partial charge < -0.3 is 10.6 Å². The first-order valence-corrected chi connectivity index (χ1v) is 8.94. The van der Waals surface area contributed by atoms with Gasteiger partial charge in [-0.1, -0.05) is 35.6 Å². The number of anilines is 1. The minimum Gasteiger partial charge on any atom is -0.352 e. The fraction of sp³-hybridized carbons (Fsp3) is 0.211. The lowest BCUT2D eigenvalue weighted by molar-refractivity contribution is -0.116. The van der Waals surface area contributed by atoms with Crippen LogP contribution in [0.1, 0.15) is 28.8 Å². The van der Waals surface area contributed by atoms with Crippen LogP contribution in [0, 0.1) is 6.92 Å². The van der Waals surface area contributed by atoms with Crippen LogP contribution in [0.15, 0.2) is 48.5 Å². The summed E-state index contributed by atoms with van der Waals surface area (Å²) in [5.74, 6) is -0.215. The number of thiazole rings is 1. The van der Waals surface area contributed by atoms with Crippen LogP contribution in [-0.4, -0.2) is 23.3 Å². The average molecular weight is 353 g/mol. The topological polar surface area (TPSA) is 71.1 Å². The Labute approximate surface area is 150 Å². The van der Waals surface area contributed by atoms with Crippen LogP contribution in [-0.2, 0) is 4.79 Å². The molecule has 0 radical (unpaired) electrons. The molecule has 0 aliphatic heterocycles. The molecule has 3 rings (SSSR count). The molecule has 0 saturated carbocycles. The second-order valence-corrected chi connectivity index (χ2v) is 6.79. The number of carbonyl (C=O) groups excluding carboxylic acids is 2. The van der Waals surface area contributed by atoms with Crippen molar-refractivity contribution in [3.05, 3.63) is 59.7 Å². The lowest BCUT2D eigenvalue weighted by Crippen LogP contribution is -2.25. The van der Waals surface area contributed by atoms with Crippen molar-refractivity contribution in [3.63, 3.8) is 0 Å². The van der Waals surface area contributed by atoms with Crippen molar-refractivity contribution in [1.29, 1.82) is 0 Å². The van der Waals surface area contributed by atoms with Gasteiger partial charge in [0.2, 0.25) is 5.91 Å². The summed E-state index contributed by atoms with van der Waals surface area (Å²) < 4.78 is 1.06. The van der Waals surface area contributed by atoms with Gasteiger partial charge in [0.15, 0.2) is 5.13 Å². The molecule has 5 nitrogen and oxygen atoms in total. The van der Waals surface area contributed by atoms with Gasteiger partial charge in [0.1, 0.15) is 0 Å². The van der Waals surface area contributed by atoms with E-state index in [1.165, 1.54) is 16.9 Å². The standard InChI is InChI=1S/C19H19N3O2S/c1-13-9-10-15-16(12-13)25-19(21-15)22-17(23)8-5-11-20-18(24)14-6-3-2-4-7-14/h2-4,6-7,9-10,12H,5,8,11H2,1H3,(H,20,24)(H,21,22,23). The van der Waals surface area contributed by atoms with E-state index in [9.17, 15) is 9.59 Å². The molecule has 6 heteroatoms. The molecule has 0 aliphatic rings. The first kappa shape index (κ1) is 17.1. The Morgan fingerprint density at radius 2 is 1.92 bits per heavy atom. The third-order valence-electron chi connectivity index (χ3n) is 3.69. The molecule has 2 N–H and O–H groups in total. The lowest BCUT2D eigenvalue weighted by Gasteiger charge is -2.05. The normalized spacial score (nSPS) is 10.6. The van der Waals surface area contributed by atoms with E-state index in [0.29, 0.717) is 30.1 Å². The van der Waals surface area contributed by atoms with Crippen LogP contribution in [0.4, 0.5) is 5.13 Å². The Hall–Kier alpha value is -2.73. The summed E-state index contributed by atoms with van der Waals surface area (Å²) in [4.78, 5) is 28.3. The van der Waals surface area contributed by atoms with E-state index in [0.717, 1.165) is 10.2 Å². The summed E-state index contributed by atoms with van der Waals surface area (Å²) in [7, 11) is 0. The number of benzene rings is 2. The minimum atomic E-state index is -0.123. The zero-order chi connectivity index (χ0) is 17.6. The first-order valence-electron chi connectivity index (χ1n) is 8.12. The Bertz CT molecular complexity index is 890. The highest BCUT2D eigenvalue weighted by Crippen LogP contribution is 2.26. The predicted molar refractivity (Wildman–Crippen MR) is 101 cm³/mol. The van der Waals surface area contributed by atoms with Crippen LogP contribution in [0.2, 0.25) is 0 Å². The van der Waals surface area contributed by atoms with Crippen molar-refractivity contribution in [2.45, 2.75) is 19.8 Å². The highest BCUT2D eigenvalue weighted by atomic mass is 32.1. The van der Waals surface area contributed by atoms with Gasteiger partial charge in [0.05, 0.1) is 10.2 Å². The molecule has 25 heavy (non-hydrogen) atoms. The van der Waals surface area contributed by atoms with Crippen LogP contribution in [0.3, 0.4) is 0 Å². The third-order valence-corrected chi connectivity index (χ3v) is 4.63. The maximum Gasteiger partial charge on any atom is 0.251 e. The molecule has 0 unspecified atom stereocenters. The highest BCUT2D eigenvalue weighted by molar-refractivity contribution is 7.22. The molecule has 2 amide bonds. The number of hydrogen-bond acceptors (Lipinski definition) is 4. The third kappa shape index (κ3) is 4.64. The number of nitrogens with one attached hydrogen (secondary N) is 2. The van der Waals surface area contributed by atoms with E-state index in [2.05, 4.69) is 21.7 Å². The van der Waals surface area contributed by atoms with Gasteiger partial charge in [0.25, 0.3) is 5.91 Å². The van der Waals surface area contributed by atoms with E-state index in [1.54, 1.807) is 12.1 Å². The average Bonchev–Trinajstić information content (AvgIpc) is 3.00. The number of aromatic nitrogens is 1. The zero-order valence-electron chi connectivity index (χ0n) is 13.9. The molecule has 128 valence electrons. The maximum atomic E-state index is 12.0. The molecule has 2 aromatic carbocycles. The minimum absolute atomic E-state index is 0.0928. The van der Waals surface area contributed by atoms with E-state index >= 15 is 0 Å². The molecule has 0 aliphatic carbocycles. The number of nitrogens with zero attached hydrogens (tertiary/aromatic N) is 1. The Kier molecular flexibility index (Phi) is 5.40. The lowest BCUT2D eigenvalue weighted by atomic mass is 10.2. The first-order chi connectivity index (χ1) is 12.1. The van der Waals surface area contributed by atoms with E-state index < -0.39 is 0 Å². The summed E-state index contributed by atoms with van der Waals surface area (Å²) in [6, 6.07) is 15.0. The van der Waals surface area contributed by atoms with Crippen molar-refractivity contribution in [3.8, 4) is 0 Å². The molecular formula is C19H19N3O2S. The summed E-state index contributed by atoms with van der Waals surface area (Å²) >= 11 is 1.47. The SMILES string of the molecule is Cc1ccc2nc(NC(=O)CCCNC(=O)c3ccccc3)sc2c1. The number of amides is 2. The molecule has 0 atom stereocenters. The second-order valence-electron chi connectivity index (χ2n) is 5.76. The largest absolute Gasteiger partial charge is 0.352 e. The van der Waals surface area contributed by atoms with Crippen LogP contribution >= 0.6 is 11.3 Å². The number of aryl methyl sites for hydroxylation is 1. The van der Waals surface area contributed by atoms with E-state index in [4.69, 9.17) is 0 Å². The number of carbonyl (C=O) groups is 2. The predicted octanol–water partition coefficient (Wildman–Crippen LogP) is 3.75. The van der Waals surface area contributed by atoms with Crippen molar-refractivity contribution in [1.82, 2.24) is 10.3 Å². The summed E-state index contributed by atoms with van der Waals surface area (Å²) in [6.07, 6.45) is 0.915. The van der Waals surface area contributed by atoms with Crippen LogP contribution in [0.5, 0.6) is 0 Å². The Balaban J connectivity index is 1.44. The molecule has 3 aromatic rings. The van der Waals surface area contributed by atoms with E-state index in [1.807, 2.05) is 37.3 Å². The van der Waals surface area contributed by atoms with Gasteiger partial charge in [-0.15, -0.1) is 0 Å². The molecule has 0 saturated heterocycles. The van der Waals surface area contributed by atoms with Gasteiger partial charge in [-0.05, 0) is 43.2 Å². The van der Waals surface area contributed by atoms with Gasteiger partial charge in [-0.2, -0.15) is 0 Å². The van der Waals surface area contributed by atoms with Gasteiger partial charge in [0, 0.05) is 18.5 Å². The van der Waals surface area contributed by atoms with Crippen LogP contribution in [0.25, 0.3) is 10.2 Å². The number of rotatable bonds is 6. The molecule has 0 bridgehead atoms. The number of hydrogen-bond donors (Lipinski definition) is 2. The van der Waals surface area contributed by atoms with E-state index in [-0.39, 0.29) is 11.8 Å². The number of fused-ring (bicyclic) bond motifs is 1.